The second kappa shape index (κ2) is 15.4. The third-order valence-electron chi connectivity index (χ3n) is 3.87. The average Bonchev–Trinajstić information content (AvgIpc) is 2.46. The van der Waals surface area contributed by atoms with E-state index in [0.29, 0.717) is 5.57 Å². The maximum atomic E-state index is 11.7. The Kier molecular flexibility index (Phi) is 16.6. The molecule has 1 atom stereocenters. The van der Waals surface area contributed by atoms with E-state index in [1.807, 2.05) is 0 Å². The summed E-state index contributed by atoms with van der Waals surface area (Å²) in [5.41, 5.74) is 0.478. The zero-order valence-electron chi connectivity index (χ0n) is 15.0. The Morgan fingerprint density at radius 1 is 1.00 bits per heavy atom. The molecule has 4 heteroatoms. The molecule has 0 aromatic carbocycles. The molecule has 0 spiro atoms. The van der Waals surface area contributed by atoms with Crippen LogP contribution in [0.15, 0.2) is 12.2 Å². The number of rotatable bonds is 13. The van der Waals surface area contributed by atoms with Gasteiger partial charge >= 0.3 is 5.97 Å². The van der Waals surface area contributed by atoms with Crippen molar-refractivity contribution in [1.82, 2.24) is 4.90 Å². The zero-order valence-corrected chi connectivity index (χ0v) is 15.8. The topological polar surface area (TPSA) is 29.5 Å². The lowest BCUT2D eigenvalue weighted by molar-refractivity contribution is -0.154. The minimum absolute atomic E-state index is 0. The minimum atomic E-state index is -0.269. The lowest BCUT2D eigenvalue weighted by atomic mass is 10.1. The van der Waals surface area contributed by atoms with Crippen LogP contribution in [0.5, 0.6) is 0 Å². The van der Waals surface area contributed by atoms with Crippen molar-refractivity contribution in [2.24, 2.45) is 0 Å². The van der Waals surface area contributed by atoms with Crippen LogP contribution in [-0.4, -0.2) is 30.2 Å². The van der Waals surface area contributed by atoms with Crippen LogP contribution < -0.4 is 0 Å². The molecule has 0 saturated carbocycles. The van der Waals surface area contributed by atoms with Gasteiger partial charge in [0.1, 0.15) is 0 Å². The second-order valence-electron chi connectivity index (χ2n) is 5.77. The van der Waals surface area contributed by atoms with Crippen molar-refractivity contribution in [2.45, 2.75) is 85.3 Å². The maximum Gasteiger partial charge on any atom is 0.334 e. The third-order valence-corrected chi connectivity index (χ3v) is 3.87. The quantitative estimate of drug-likeness (QED) is 0.197. The standard InChI is InChI=1S/C18H35NO2.ClH/c1-6-9-10-11-12-13-14-15-17(19(7-2)8-3)21-18(20)16(4)5;/h17H,4,6-15H2,1-3,5H3;1H. The van der Waals surface area contributed by atoms with Crippen LogP contribution in [0, 0.1) is 0 Å². The van der Waals surface area contributed by atoms with Crippen molar-refractivity contribution in [3.8, 4) is 0 Å². The molecule has 0 amide bonds. The van der Waals surface area contributed by atoms with E-state index < -0.39 is 0 Å². The molecule has 1 unspecified atom stereocenters. The Hall–Kier alpha value is -0.540. The van der Waals surface area contributed by atoms with E-state index >= 15 is 0 Å². The lowest BCUT2D eigenvalue weighted by Gasteiger charge is -2.29. The van der Waals surface area contributed by atoms with Crippen LogP contribution in [0.4, 0.5) is 0 Å². The molecule has 0 rings (SSSR count). The van der Waals surface area contributed by atoms with Gasteiger partial charge in [-0.3, -0.25) is 4.90 Å². The SMILES string of the molecule is C=C(C)C(=O)OC(CCCCCCCCC)N(CC)CC.Cl. The predicted molar refractivity (Wildman–Crippen MR) is 97.5 cm³/mol. The van der Waals surface area contributed by atoms with Crippen LogP contribution in [0.2, 0.25) is 0 Å². The van der Waals surface area contributed by atoms with E-state index in [-0.39, 0.29) is 24.6 Å². The highest BCUT2D eigenvalue weighted by molar-refractivity contribution is 5.87. The summed E-state index contributed by atoms with van der Waals surface area (Å²) in [6, 6.07) is 0. The number of unbranched alkanes of at least 4 members (excludes halogenated alkanes) is 6. The van der Waals surface area contributed by atoms with Gasteiger partial charge in [-0.05, 0) is 32.9 Å². The number of ether oxygens (including phenoxy) is 1. The van der Waals surface area contributed by atoms with Crippen molar-refractivity contribution in [1.29, 1.82) is 0 Å². The van der Waals surface area contributed by atoms with Crippen molar-refractivity contribution in [2.75, 3.05) is 13.1 Å². The average molecular weight is 334 g/mol. The number of carbonyl (C=O) groups excluding carboxylic acids is 1. The molecule has 0 saturated heterocycles. The van der Waals surface area contributed by atoms with Gasteiger partial charge in [0.05, 0.1) is 0 Å². The molecule has 0 N–H and O–H groups in total. The lowest BCUT2D eigenvalue weighted by Crippen LogP contribution is -2.38. The summed E-state index contributed by atoms with van der Waals surface area (Å²) in [5.74, 6) is -0.269. The van der Waals surface area contributed by atoms with Crippen molar-refractivity contribution in [3.05, 3.63) is 12.2 Å². The summed E-state index contributed by atoms with van der Waals surface area (Å²) < 4.78 is 5.59. The van der Waals surface area contributed by atoms with Gasteiger partial charge in [0.15, 0.2) is 6.23 Å². The smallest absolute Gasteiger partial charge is 0.334 e. The highest BCUT2D eigenvalue weighted by Gasteiger charge is 2.19. The van der Waals surface area contributed by atoms with Gasteiger partial charge in [-0.25, -0.2) is 4.79 Å². The van der Waals surface area contributed by atoms with Crippen LogP contribution in [0.1, 0.15) is 79.1 Å². The molecular formula is C18H36ClNO2. The van der Waals surface area contributed by atoms with Gasteiger partial charge in [0.2, 0.25) is 0 Å². The molecular weight excluding hydrogens is 298 g/mol. The molecule has 0 heterocycles. The van der Waals surface area contributed by atoms with Gasteiger partial charge in [0.25, 0.3) is 0 Å². The maximum absolute atomic E-state index is 11.7. The van der Waals surface area contributed by atoms with Crippen LogP contribution in [0.3, 0.4) is 0 Å². The van der Waals surface area contributed by atoms with Crippen LogP contribution in [-0.2, 0) is 9.53 Å². The van der Waals surface area contributed by atoms with Crippen molar-refractivity contribution in [3.63, 3.8) is 0 Å². The summed E-state index contributed by atoms with van der Waals surface area (Å²) in [7, 11) is 0. The predicted octanol–water partition coefficient (Wildman–Crippen LogP) is 5.34. The normalized spacial score (nSPS) is 11.9. The number of hydrogen-bond donors (Lipinski definition) is 0. The van der Waals surface area contributed by atoms with Gasteiger partial charge in [0, 0.05) is 5.57 Å². The molecule has 0 radical (unpaired) electrons. The molecule has 0 aliphatic heterocycles. The van der Waals surface area contributed by atoms with Crippen molar-refractivity contribution >= 4 is 18.4 Å². The van der Waals surface area contributed by atoms with Gasteiger partial charge < -0.3 is 4.74 Å². The molecule has 0 aliphatic carbocycles. The molecule has 3 nitrogen and oxygen atoms in total. The van der Waals surface area contributed by atoms with Gasteiger partial charge in [-0.15, -0.1) is 12.4 Å². The Bertz CT molecular complexity index is 291. The van der Waals surface area contributed by atoms with Crippen LogP contribution in [0.25, 0.3) is 0 Å². The zero-order chi connectivity index (χ0) is 16.1. The summed E-state index contributed by atoms with van der Waals surface area (Å²) >= 11 is 0. The summed E-state index contributed by atoms with van der Waals surface area (Å²) in [6.07, 6.45) is 9.78. The summed E-state index contributed by atoms with van der Waals surface area (Å²) in [4.78, 5) is 14.0. The van der Waals surface area contributed by atoms with Gasteiger partial charge in [-0.2, -0.15) is 0 Å². The fraction of sp³-hybridized carbons (Fsp3) is 0.833. The molecule has 0 fully saturated rings. The summed E-state index contributed by atoms with van der Waals surface area (Å²) in [6.45, 7) is 13.6. The number of hydrogen-bond acceptors (Lipinski definition) is 3. The van der Waals surface area contributed by atoms with E-state index in [1.54, 1.807) is 6.92 Å². The van der Waals surface area contributed by atoms with E-state index in [0.717, 1.165) is 25.9 Å². The first-order chi connectivity index (χ1) is 10.1. The highest BCUT2D eigenvalue weighted by atomic mass is 35.5. The number of esters is 1. The number of carbonyl (C=O) groups is 1. The second-order valence-corrected chi connectivity index (χ2v) is 5.77. The Morgan fingerprint density at radius 2 is 1.50 bits per heavy atom. The number of halogens is 1. The third kappa shape index (κ3) is 11.1. The minimum Gasteiger partial charge on any atom is -0.443 e. The Labute approximate surface area is 143 Å². The molecule has 132 valence electrons. The van der Waals surface area contributed by atoms with E-state index in [4.69, 9.17) is 4.74 Å². The largest absolute Gasteiger partial charge is 0.443 e. The fourth-order valence-corrected chi connectivity index (χ4v) is 2.45. The van der Waals surface area contributed by atoms with Gasteiger partial charge in [-0.1, -0.05) is 65.9 Å². The number of nitrogens with zero attached hydrogens (tertiary/aromatic N) is 1. The molecule has 0 aliphatic rings. The fourth-order valence-electron chi connectivity index (χ4n) is 2.45. The molecule has 22 heavy (non-hydrogen) atoms. The summed E-state index contributed by atoms with van der Waals surface area (Å²) in [5, 5.41) is 0. The Morgan fingerprint density at radius 3 is 1.95 bits per heavy atom. The first-order valence-corrected chi connectivity index (χ1v) is 8.67. The van der Waals surface area contributed by atoms with Crippen molar-refractivity contribution < 1.29 is 9.53 Å². The molecule has 0 bridgehead atoms. The first-order valence-electron chi connectivity index (χ1n) is 8.67. The van der Waals surface area contributed by atoms with Crippen LogP contribution >= 0.6 is 12.4 Å². The first kappa shape index (κ1) is 23.7. The monoisotopic (exact) mass is 333 g/mol. The van der Waals surface area contributed by atoms with E-state index in [9.17, 15) is 4.79 Å². The highest BCUT2D eigenvalue weighted by Crippen LogP contribution is 2.15. The van der Waals surface area contributed by atoms with E-state index in [2.05, 4.69) is 32.3 Å². The molecule has 0 aromatic rings. The van der Waals surface area contributed by atoms with E-state index in [1.165, 1.54) is 38.5 Å². The molecule has 0 aromatic heterocycles. The Balaban J connectivity index is 0.